The molecule has 1 saturated heterocycles. The number of nitrogens with one attached hydrogen (secondary N) is 1. The van der Waals surface area contributed by atoms with E-state index in [-0.39, 0.29) is 18.9 Å². The highest BCUT2D eigenvalue weighted by atomic mass is 16.5. The number of rotatable bonds is 6. The van der Waals surface area contributed by atoms with Gasteiger partial charge >= 0.3 is 0 Å². The molecule has 0 aliphatic carbocycles. The van der Waals surface area contributed by atoms with Gasteiger partial charge in [-0.05, 0) is 17.7 Å². The van der Waals surface area contributed by atoms with Gasteiger partial charge in [-0.15, -0.1) is 0 Å². The van der Waals surface area contributed by atoms with Crippen molar-refractivity contribution >= 4 is 23.6 Å². The van der Waals surface area contributed by atoms with E-state index in [2.05, 4.69) is 5.32 Å². The van der Waals surface area contributed by atoms with E-state index in [4.69, 9.17) is 4.74 Å². The molecule has 0 aromatic heterocycles. The van der Waals surface area contributed by atoms with Gasteiger partial charge in [-0.1, -0.05) is 42.5 Å². The SMILES string of the molecule is O=C(CCN1C(=O)c2ccccc2C1=O)N[C@@H](C(=O)N1CCOCC1)c1ccccc1. The first-order valence-corrected chi connectivity index (χ1v) is 10.2. The number of carbonyl (C=O) groups excluding carboxylic acids is 4. The first-order chi connectivity index (χ1) is 15.1. The highest BCUT2D eigenvalue weighted by Crippen LogP contribution is 2.23. The normalized spacial score (nSPS) is 16.8. The second-order valence-corrected chi connectivity index (χ2v) is 7.41. The molecule has 1 N–H and O–H groups in total. The lowest BCUT2D eigenvalue weighted by Crippen LogP contribution is -2.47. The van der Waals surface area contributed by atoms with Gasteiger partial charge in [0.2, 0.25) is 11.8 Å². The van der Waals surface area contributed by atoms with Crippen LogP contribution in [0.2, 0.25) is 0 Å². The third-order valence-electron chi connectivity index (χ3n) is 5.45. The van der Waals surface area contributed by atoms with E-state index in [1.54, 1.807) is 53.4 Å². The Morgan fingerprint density at radius 1 is 0.903 bits per heavy atom. The summed E-state index contributed by atoms with van der Waals surface area (Å²) in [5, 5.41) is 2.78. The van der Waals surface area contributed by atoms with Gasteiger partial charge in [-0.2, -0.15) is 0 Å². The van der Waals surface area contributed by atoms with E-state index < -0.39 is 23.8 Å². The zero-order chi connectivity index (χ0) is 21.8. The molecule has 2 aliphatic rings. The van der Waals surface area contributed by atoms with Crippen LogP contribution in [0.25, 0.3) is 0 Å². The van der Waals surface area contributed by atoms with Crippen molar-refractivity contribution in [2.24, 2.45) is 0 Å². The predicted octanol–water partition coefficient (Wildman–Crippen LogP) is 1.39. The Balaban J connectivity index is 1.43. The number of morpholine rings is 1. The summed E-state index contributed by atoms with van der Waals surface area (Å²) in [5.41, 5.74) is 1.36. The molecule has 1 atom stereocenters. The highest BCUT2D eigenvalue weighted by molar-refractivity contribution is 6.21. The molecule has 0 saturated carbocycles. The quantitative estimate of drug-likeness (QED) is 0.711. The van der Waals surface area contributed by atoms with Crippen LogP contribution in [0, 0.1) is 0 Å². The predicted molar refractivity (Wildman–Crippen MR) is 111 cm³/mol. The summed E-state index contributed by atoms with van der Waals surface area (Å²) in [6.45, 7) is 1.80. The zero-order valence-corrected chi connectivity index (χ0v) is 17.0. The molecule has 4 rings (SSSR count). The first kappa shape index (κ1) is 20.7. The Labute approximate surface area is 179 Å². The Hall–Kier alpha value is -3.52. The minimum absolute atomic E-state index is 0.0502. The number of benzene rings is 2. The van der Waals surface area contributed by atoms with Crippen molar-refractivity contribution < 1.29 is 23.9 Å². The maximum atomic E-state index is 13.1. The van der Waals surface area contributed by atoms with Gasteiger partial charge in [0, 0.05) is 26.1 Å². The van der Waals surface area contributed by atoms with Crippen LogP contribution in [0.5, 0.6) is 0 Å². The molecule has 31 heavy (non-hydrogen) atoms. The lowest BCUT2D eigenvalue weighted by atomic mass is 10.0. The van der Waals surface area contributed by atoms with Crippen molar-refractivity contribution in [2.75, 3.05) is 32.8 Å². The Morgan fingerprint density at radius 2 is 1.48 bits per heavy atom. The van der Waals surface area contributed by atoms with E-state index in [1.165, 1.54) is 0 Å². The van der Waals surface area contributed by atoms with E-state index in [0.29, 0.717) is 43.0 Å². The molecule has 2 aromatic carbocycles. The van der Waals surface area contributed by atoms with Gasteiger partial charge in [0.25, 0.3) is 11.8 Å². The third kappa shape index (κ3) is 4.34. The topological polar surface area (TPSA) is 96.0 Å². The van der Waals surface area contributed by atoms with E-state index in [1.807, 2.05) is 6.07 Å². The van der Waals surface area contributed by atoms with Crippen LogP contribution < -0.4 is 5.32 Å². The van der Waals surface area contributed by atoms with Crippen molar-refractivity contribution in [3.63, 3.8) is 0 Å². The van der Waals surface area contributed by atoms with E-state index >= 15 is 0 Å². The average Bonchev–Trinajstić information content (AvgIpc) is 3.06. The number of hydrogen-bond donors (Lipinski definition) is 1. The van der Waals surface area contributed by atoms with Crippen LogP contribution in [-0.4, -0.2) is 66.3 Å². The molecule has 8 nitrogen and oxygen atoms in total. The van der Waals surface area contributed by atoms with Crippen LogP contribution in [0.1, 0.15) is 38.7 Å². The maximum absolute atomic E-state index is 13.1. The van der Waals surface area contributed by atoms with Gasteiger partial charge in [0.1, 0.15) is 6.04 Å². The lowest BCUT2D eigenvalue weighted by molar-refractivity contribution is -0.140. The maximum Gasteiger partial charge on any atom is 0.261 e. The fourth-order valence-corrected chi connectivity index (χ4v) is 3.79. The molecular formula is C23H23N3O5. The van der Waals surface area contributed by atoms with Crippen LogP contribution in [-0.2, 0) is 14.3 Å². The van der Waals surface area contributed by atoms with Crippen LogP contribution in [0.4, 0.5) is 0 Å². The third-order valence-corrected chi connectivity index (χ3v) is 5.45. The minimum Gasteiger partial charge on any atom is -0.378 e. The smallest absolute Gasteiger partial charge is 0.261 e. The molecule has 1 fully saturated rings. The highest BCUT2D eigenvalue weighted by Gasteiger charge is 2.35. The van der Waals surface area contributed by atoms with Crippen molar-refractivity contribution in [1.82, 2.24) is 15.1 Å². The zero-order valence-electron chi connectivity index (χ0n) is 17.0. The Morgan fingerprint density at radius 3 is 2.10 bits per heavy atom. The van der Waals surface area contributed by atoms with Gasteiger partial charge in [-0.3, -0.25) is 24.1 Å². The summed E-state index contributed by atoms with van der Waals surface area (Å²) < 4.78 is 5.31. The summed E-state index contributed by atoms with van der Waals surface area (Å²) in [6.07, 6.45) is -0.0921. The number of ether oxygens (including phenoxy) is 1. The molecule has 0 bridgehead atoms. The Bertz CT molecular complexity index is 966. The van der Waals surface area contributed by atoms with Gasteiger partial charge in [-0.25, -0.2) is 0 Å². The molecule has 2 aliphatic heterocycles. The number of hydrogen-bond acceptors (Lipinski definition) is 5. The summed E-state index contributed by atoms with van der Waals surface area (Å²) in [4.78, 5) is 53.5. The lowest BCUT2D eigenvalue weighted by Gasteiger charge is -2.31. The summed E-state index contributed by atoms with van der Waals surface area (Å²) in [7, 11) is 0. The number of carbonyl (C=O) groups is 4. The van der Waals surface area contributed by atoms with Crippen LogP contribution >= 0.6 is 0 Å². The second kappa shape index (κ2) is 9.09. The van der Waals surface area contributed by atoms with Crippen molar-refractivity contribution in [2.45, 2.75) is 12.5 Å². The number of nitrogens with zero attached hydrogens (tertiary/aromatic N) is 2. The Kier molecular flexibility index (Phi) is 6.08. The van der Waals surface area contributed by atoms with Gasteiger partial charge in [0.05, 0.1) is 24.3 Å². The molecule has 2 aromatic rings. The summed E-state index contributed by atoms with van der Waals surface area (Å²) in [5.74, 6) is -1.43. The second-order valence-electron chi connectivity index (χ2n) is 7.41. The summed E-state index contributed by atoms with van der Waals surface area (Å²) in [6, 6.07) is 14.8. The fraction of sp³-hybridized carbons (Fsp3) is 0.304. The van der Waals surface area contributed by atoms with E-state index in [9.17, 15) is 19.2 Å². The van der Waals surface area contributed by atoms with Crippen molar-refractivity contribution in [3.05, 3.63) is 71.3 Å². The molecule has 0 unspecified atom stereocenters. The fourth-order valence-electron chi connectivity index (χ4n) is 3.79. The van der Waals surface area contributed by atoms with Gasteiger partial charge in [0.15, 0.2) is 0 Å². The van der Waals surface area contributed by atoms with Crippen molar-refractivity contribution in [1.29, 1.82) is 0 Å². The molecule has 4 amide bonds. The number of fused-ring (bicyclic) bond motifs is 1. The average molecular weight is 421 g/mol. The molecule has 2 heterocycles. The van der Waals surface area contributed by atoms with Crippen molar-refractivity contribution in [3.8, 4) is 0 Å². The van der Waals surface area contributed by atoms with Gasteiger partial charge < -0.3 is 15.0 Å². The molecule has 160 valence electrons. The first-order valence-electron chi connectivity index (χ1n) is 10.2. The molecule has 0 radical (unpaired) electrons. The molecule has 8 heteroatoms. The van der Waals surface area contributed by atoms with E-state index in [0.717, 1.165) is 4.90 Å². The number of imide groups is 1. The minimum atomic E-state index is -0.839. The monoisotopic (exact) mass is 421 g/mol. The summed E-state index contributed by atoms with van der Waals surface area (Å²) >= 11 is 0. The molecule has 0 spiro atoms. The molecular weight excluding hydrogens is 398 g/mol. The van der Waals surface area contributed by atoms with Crippen LogP contribution in [0.15, 0.2) is 54.6 Å². The number of amides is 4. The standard InChI is InChI=1S/C23H23N3O5/c27-19(10-11-26-21(28)17-8-4-5-9-18(17)22(26)29)24-20(16-6-2-1-3-7-16)23(30)25-12-14-31-15-13-25/h1-9,20H,10-15H2,(H,24,27)/t20-/m1/s1. The van der Waals surface area contributed by atoms with Crippen LogP contribution in [0.3, 0.4) is 0 Å². The largest absolute Gasteiger partial charge is 0.378 e.